The highest BCUT2D eigenvalue weighted by Gasteiger charge is 2.27. The van der Waals surface area contributed by atoms with Gasteiger partial charge in [-0.25, -0.2) is 9.59 Å². The van der Waals surface area contributed by atoms with Gasteiger partial charge in [0.05, 0.1) is 0 Å². The van der Waals surface area contributed by atoms with Crippen LogP contribution in [0, 0.1) is 12.8 Å². The van der Waals surface area contributed by atoms with E-state index in [4.69, 9.17) is 9.15 Å². The van der Waals surface area contributed by atoms with Crippen molar-refractivity contribution in [2.24, 2.45) is 5.92 Å². The van der Waals surface area contributed by atoms with Crippen molar-refractivity contribution in [1.29, 1.82) is 0 Å². The van der Waals surface area contributed by atoms with Crippen molar-refractivity contribution in [2.45, 2.75) is 66.0 Å². The molecule has 7 nitrogen and oxygen atoms in total. The molecular weight excluding hydrogens is 374 g/mol. The van der Waals surface area contributed by atoms with E-state index in [1.165, 1.54) is 6.07 Å². The number of carbonyl (C=O) groups is 2. The lowest BCUT2D eigenvalue weighted by Gasteiger charge is -2.22. The zero-order valence-electron chi connectivity index (χ0n) is 17.6. The molecule has 7 heteroatoms. The summed E-state index contributed by atoms with van der Waals surface area (Å²) in [6.07, 6.45) is 1.85. The average molecular weight is 403 g/mol. The highest BCUT2D eigenvalue weighted by atomic mass is 16.5. The summed E-state index contributed by atoms with van der Waals surface area (Å²) in [5.74, 6) is -1.47. The molecule has 1 amide bonds. The minimum absolute atomic E-state index is 0.262. The van der Waals surface area contributed by atoms with E-state index in [0.29, 0.717) is 16.9 Å². The molecule has 0 spiro atoms. The number of unbranched alkanes of at least 4 members (excludes halogenated alkanes) is 1. The van der Waals surface area contributed by atoms with Crippen LogP contribution in [-0.2, 0) is 16.0 Å². The van der Waals surface area contributed by atoms with E-state index in [-0.39, 0.29) is 5.92 Å². The number of carboxylic acid groups (broad SMARTS) is 1. The molecule has 0 fully saturated rings. The van der Waals surface area contributed by atoms with Crippen molar-refractivity contribution in [3.8, 4) is 5.75 Å². The van der Waals surface area contributed by atoms with Crippen molar-refractivity contribution in [1.82, 2.24) is 5.32 Å². The summed E-state index contributed by atoms with van der Waals surface area (Å²) in [5, 5.41) is 12.6. The van der Waals surface area contributed by atoms with Crippen molar-refractivity contribution < 1.29 is 23.8 Å². The maximum atomic E-state index is 12.4. The van der Waals surface area contributed by atoms with Gasteiger partial charge < -0.3 is 19.6 Å². The largest absolute Gasteiger partial charge is 0.480 e. The second-order valence-electron chi connectivity index (χ2n) is 7.59. The van der Waals surface area contributed by atoms with Gasteiger partial charge in [0.25, 0.3) is 5.91 Å². The van der Waals surface area contributed by atoms with Gasteiger partial charge in [0, 0.05) is 17.0 Å². The maximum absolute atomic E-state index is 12.4. The van der Waals surface area contributed by atoms with Crippen molar-refractivity contribution in [3.05, 3.63) is 39.7 Å². The van der Waals surface area contributed by atoms with Gasteiger partial charge in [-0.2, -0.15) is 0 Å². The van der Waals surface area contributed by atoms with E-state index in [0.717, 1.165) is 30.2 Å². The predicted molar refractivity (Wildman–Crippen MR) is 110 cm³/mol. The first-order valence-corrected chi connectivity index (χ1v) is 9.91. The highest BCUT2D eigenvalue weighted by molar-refractivity contribution is 5.87. The molecule has 2 atom stereocenters. The number of aryl methyl sites for hydroxylation is 2. The fraction of sp³-hybridized carbons (Fsp3) is 0.500. The fourth-order valence-electron chi connectivity index (χ4n) is 3.14. The topological polar surface area (TPSA) is 106 Å². The zero-order chi connectivity index (χ0) is 21.7. The predicted octanol–water partition coefficient (Wildman–Crippen LogP) is 3.44. The van der Waals surface area contributed by atoms with Crippen LogP contribution < -0.4 is 15.7 Å². The first-order chi connectivity index (χ1) is 13.6. The van der Waals surface area contributed by atoms with Gasteiger partial charge in [-0.15, -0.1) is 0 Å². The van der Waals surface area contributed by atoms with Crippen LogP contribution in [0.5, 0.6) is 5.75 Å². The molecule has 0 radical (unpaired) electrons. The number of fused-ring (bicyclic) bond motifs is 1. The lowest BCUT2D eigenvalue weighted by atomic mass is 10.0. The van der Waals surface area contributed by atoms with Crippen molar-refractivity contribution >= 4 is 22.8 Å². The smallest absolute Gasteiger partial charge is 0.336 e. The Morgan fingerprint density at radius 2 is 1.93 bits per heavy atom. The Balaban J connectivity index is 2.28. The fourth-order valence-corrected chi connectivity index (χ4v) is 3.14. The molecule has 0 aliphatic rings. The number of nitrogens with one attached hydrogen (secondary N) is 1. The van der Waals surface area contributed by atoms with Gasteiger partial charge in [0.2, 0.25) is 0 Å². The molecular formula is C22H29NO6. The third-order valence-electron chi connectivity index (χ3n) is 4.90. The molecule has 0 aliphatic heterocycles. The lowest BCUT2D eigenvalue weighted by molar-refractivity contribution is -0.144. The van der Waals surface area contributed by atoms with Crippen LogP contribution >= 0.6 is 0 Å². The van der Waals surface area contributed by atoms with Gasteiger partial charge in [-0.05, 0) is 50.3 Å². The molecule has 1 heterocycles. The maximum Gasteiger partial charge on any atom is 0.336 e. The van der Waals surface area contributed by atoms with E-state index in [1.807, 2.05) is 6.07 Å². The number of carboxylic acids is 1. The summed E-state index contributed by atoms with van der Waals surface area (Å²) >= 11 is 0. The van der Waals surface area contributed by atoms with Crippen LogP contribution in [0.15, 0.2) is 27.4 Å². The van der Waals surface area contributed by atoms with Crippen LogP contribution in [-0.4, -0.2) is 29.1 Å². The summed E-state index contributed by atoms with van der Waals surface area (Å²) < 4.78 is 11.2. The Morgan fingerprint density at radius 1 is 1.24 bits per heavy atom. The summed E-state index contributed by atoms with van der Waals surface area (Å²) in [6, 6.07) is 4.09. The number of hydrogen-bond acceptors (Lipinski definition) is 5. The Hall–Kier alpha value is -2.83. The third-order valence-corrected chi connectivity index (χ3v) is 4.90. The lowest BCUT2D eigenvalue weighted by Crippen LogP contribution is -2.48. The number of benzene rings is 1. The van der Waals surface area contributed by atoms with E-state index in [9.17, 15) is 19.5 Å². The summed E-state index contributed by atoms with van der Waals surface area (Å²) in [5.41, 5.74) is 1.58. The first kappa shape index (κ1) is 22.5. The second kappa shape index (κ2) is 9.58. The summed E-state index contributed by atoms with van der Waals surface area (Å²) in [4.78, 5) is 35.7. The van der Waals surface area contributed by atoms with Crippen LogP contribution in [0.25, 0.3) is 11.0 Å². The SMILES string of the molecule is CCCCc1cc(=O)oc2c(C)c(O[C@@H](C)C(=O)N[C@H](C(=O)O)C(C)C)ccc12. The molecule has 0 aliphatic carbocycles. The Kier molecular flexibility index (Phi) is 7.42. The van der Waals surface area contributed by atoms with Gasteiger partial charge >= 0.3 is 11.6 Å². The van der Waals surface area contributed by atoms with Crippen LogP contribution in [0.2, 0.25) is 0 Å². The normalized spacial score (nSPS) is 13.3. The minimum atomic E-state index is -1.09. The average Bonchev–Trinajstić information content (AvgIpc) is 2.65. The molecule has 29 heavy (non-hydrogen) atoms. The standard InChI is InChI=1S/C22H29NO6/c1-6-7-8-15-11-18(24)29-20-13(4)17(10-9-16(15)20)28-14(5)21(25)23-19(12(2)3)22(26)27/h9-12,14,19H,6-8H2,1-5H3,(H,23,25)(H,26,27)/t14-,19-/m0/s1. The second-order valence-corrected chi connectivity index (χ2v) is 7.59. The highest BCUT2D eigenvalue weighted by Crippen LogP contribution is 2.29. The monoisotopic (exact) mass is 403 g/mol. The number of hydrogen-bond donors (Lipinski definition) is 2. The number of carbonyl (C=O) groups excluding carboxylic acids is 1. The number of ether oxygens (including phenoxy) is 1. The summed E-state index contributed by atoms with van der Waals surface area (Å²) in [6.45, 7) is 8.84. The molecule has 2 rings (SSSR count). The molecule has 1 aromatic heterocycles. The molecule has 1 aromatic carbocycles. The first-order valence-electron chi connectivity index (χ1n) is 9.91. The Bertz CT molecular complexity index is 946. The van der Waals surface area contributed by atoms with E-state index >= 15 is 0 Å². The molecule has 2 N–H and O–H groups in total. The third kappa shape index (κ3) is 5.37. The minimum Gasteiger partial charge on any atom is -0.480 e. The quantitative estimate of drug-likeness (QED) is 0.621. The van der Waals surface area contributed by atoms with Crippen LogP contribution in [0.4, 0.5) is 0 Å². The molecule has 0 bridgehead atoms. The Labute approximate surface area is 170 Å². The van der Waals surface area contributed by atoms with Crippen LogP contribution in [0.3, 0.4) is 0 Å². The van der Waals surface area contributed by atoms with Gasteiger partial charge in [0.1, 0.15) is 17.4 Å². The molecule has 0 saturated heterocycles. The number of amides is 1. The molecule has 2 aromatic rings. The van der Waals surface area contributed by atoms with Crippen molar-refractivity contribution in [3.63, 3.8) is 0 Å². The number of aliphatic carboxylic acids is 1. The van der Waals surface area contributed by atoms with Gasteiger partial charge in [-0.1, -0.05) is 27.2 Å². The zero-order valence-corrected chi connectivity index (χ0v) is 17.6. The molecule has 158 valence electrons. The van der Waals surface area contributed by atoms with Gasteiger partial charge in [-0.3, -0.25) is 4.79 Å². The van der Waals surface area contributed by atoms with Crippen molar-refractivity contribution in [2.75, 3.05) is 0 Å². The van der Waals surface area contributed by atoms with E-state index < -0.39 is 29.6 Å². The van der Waals surface area contributed by atoms with Crippen LogP contribution in [0.1, 0.15) is 51.7 Å². The number of rotatable bonds is 9. The summed E-state index contributed by atoms with van der Waals surface area (Å²) in [7, 11) is 0. The van der Waals surface area contributed by atoms with E-state index in [1.54, 1.807) is 33.8 Å². The van der Waals surface area contributed by atoms with E-state index in [2.05, 4.69) is 12.2 Å². The Morgan fingerprint density at radius 3 is 2.52 bits per heavy atom. The molecule has 0 saturated carbocycles. The van der Waals surface area contributed by atoms with Gasteiger partial charge in [0.15, 0.2) is 6.10 Å². The molecule has 0 unspecified atom stereocenters.